The minimum Gasteiger partial charge on any atom is -0.480 e. The van der Waals surface area contributed by atoms with Gasteiger partial charge in [-0.1, -0.05) is 36.0 Å². The molecule has 0 spiro atoms. The van der Waals surface area contributed by atoms with Gasteiger partial charge in [-0.25, -0.2) is 4.79 Å². The number of nitro groups is 2. The number of carboxylic acid groups (broad SMARTS) is 1. The average molecular weight is 541 g/mol. The fourth-order valence-corrected chi connectivity index (χ4v) is 5.42. The molecule has 1 aliphatic rings. The van der Waals surface area contributed by atoms with Gasteiger partial charge >= 0.3 is 5.97 Å². The molecule has 0 saturated carbocycles. The average Bonchev–Trinajstić information content (AvgIpc) is 2.88. The molecule has 4 rings (SSSR count). The van der Waals surface area contributed by atoms with Crippen molar-refractivity contribution in [2.24, 2.45) is 0 Å². The quantitative estimate of drug-likeness (QED) is 0.260. The summed E-state index contributed by atoms with van der Waals surface area (Å²) in [5, 5.41) is 36.0. The largest absolute Gasteiger partial charge is 0.480 e. The van der Waals surface area contributed by atoms with Gasteiger partial charge in [-0.3, -0.25) is 29.9 Å². The second-order valence-corrected chi connectivity index (χ2v) is 9.97. The Bertz CT molecular complexity index is 1330. The number of nitro benzene ring substituents is 2. The molecule has 3 aromatic carbocycles. The highest BCUT2D eigenvalue weighted by Crippen LogP contribution is 2.49. The summed E-state index contributed by atoms with van der Waals surface area (Å²) in [7, 11) is 0. The van der Waals surface area contributed by atoms with Gasteiger partial charge in [0.05, 0.1) is 26.8 Å². The summed E-state index contributed by atoms with van der Waals surface area (Å²) in [5.74, 6) is -1.60. The van der Waals surface area contributed by atoms with E-state index in [-0.39, 0.29) is 12.0 Å². The zero-order valence-electron chi connectivity index (χ0n) is 19.3. The molecule has 1 aliphatic heterocycles. The van der Waals surface area contributed by atoms with E-state index in [9.17, 15) is 34.9 Å². The van der Waals surface area contributed by atoms with Gasteiger partial charge in [0.2, 0.25) is 0 Å². The Kier molecular flexibility index (Phi) is 7.64. The zero-order valence-corrected chi connectivity index (χ0v) is 21.0. The van der Waals surface area contributed by atoms with E-state index in [0.29, 0.717) is 17.1 Å². The maximum atomic E-state index is 13.8. The number of nitrogens with zero attached hydrogens (tertiary/aromatic N) is 3. The number of fused-ring (bicyclic) bond motifs is 2. The van der Waals surface area contributed by atoms with E-state index >= 15 is 0 Å². The molecule has 13 heteroatoms. The number of anilines is 3. The second kappa shape index (κ2) is 10.9. The Morgan fingerprint density at radius 3 is 1.97 bits per heavy atom. The van der Waals surface area contributed by atoms with E-state index in [0.717, 1.165) is 21.9 Å². The normalized spacial score (nSPS) is 12.7. The van der Waals surface area contributed by atoms with Crippen LogP contribution in [0.5, 0.6) is 0 Å². The molecule has 0 saturated heterocycles. The number of carbonyl (C=O) groups is 2. The number of benzene rings is 3. The van der Waals surface area contributed by atoms with Gasteiger partial charge < -0.3 is 10.4 Å². The topological polar surface area (TPSA) is 156 Å². The monoisotopic (exact) mass is 540 g/mol. The number of rotatable bonds is 9. The molecule has 190 valence electrons. The summed E-state index contributed by atoms with van der Waals surface area (Å²) in [6, 6.07) is 14.8. The van der Waals surface area contributed by atoms with E-state index in [2.05, 4.69) is 5.32 Å². The van der Waals surface area contributed by atoms with Crippen LogP contribution in [0.25, 0.3) is 0 Å². The Labute approximate surface area is 219 Å². The molecule has 37 heavy (non-hydrogen) atoms. The molecular formula is C24H20N4O7S2. The maximum Gasteiger partial charge on any atom is 0.326 e. The first-order valence-corrected chi connectivity index (χ1v) is 13.1. The third-order valence-corrected chi connectivity index (χ3v) is 7.37. The third kappa shape index (κ3) is 5.22. The van der Waals surface area contributed by atoms with E-state index in [1.165, 1.54) is 28.4 Å². The summed E-state index contributed by atoms with van der Waals surface area (Å²) in [4.78, 5) is 50.7. The van der Waals surface area contributed by atoms with Crippen molar-refractivity contribution < 1.29 is 24.5 Å². The van der Waals surface area contributed by atoms with Gasteiger partial charge in [0.15, 0.2) is 5.69 Å². The van der Waals surface area contributed by atoms with Crippen molar-refractivity contribution in [3.63, 3.8) is 0 Å². The fraction of sp³-hybridized carbons (Fsp3) is 0.167. The van der Waals surface area contributed by atoms with Gasteiger partial charge in [-0.2, -0.15) is 11.8 Å². The molecule has 1 unspecified atom stereocenters. The Morgan fingerprint density at radius 1 is 1.00 bits per heavy atom. The van der Waals surface area contributed by atoms with E-state index in [4.69, 9.17) is 0 Å². The van der Waals surface area contributed by atoms with Gasteiger partial charge in [0, 0.05) is 21.9 Å². The molecule has 1 atom stereocenters. The van der Waals surface area contributed by atoms with Crippen LogP contribution < -0.4 is 10.2 Å². The van der Waals surface area contributed by atoms with Crippen LogP contribution in [0.3, 0.4) is 0 Å². The van der Waals surface area contributed by atoms with Crippen molar-refractivity contribution in [3.8, 4) is 0 Å². The summed E-state index contributed by atoms with van der Waals surface area (Å²) in [6.07, 6.45) is 1.84. The lowest BCUT2D eigenvalue weighted by Gasteiger charge is -2.31. The lowest BCUT2D eigenvalue weighted by atomic mass is 10.1. The van der Waals surface area contributed by atoms with Gasteiger partial charge in [-0.15, -0.1) is 0 Å². The first-order chi connectivity index (χ1) is 17.7. The smallest absolute Gasteiger partial charge is 0.326 e. The lowest BCUT2D eigenvalue weighted by molar-refractivity contribution is -0.392. The van der Waals surface area contributed by atoms with Gasteiger partial charge in [0.1, 0.15) is 6.04 Å². The fourth-order valence-electron chi connectivity index (χ4n) is 3.89. The summed E-state index contributed by atoms with van der Waals surface area (Å²) in [5.41, 5.74) is -1.30. The standard InChI is InChI=1S/C24H20N4O7S2/c1-36-11-10-15(24(30)31)25-22-18(27(32)33)12-14(13-19(22)28(34)35)23(29)26-16-6-2-4-8-20(16)37-21-9-5-3-7-17(21)26/h2-9,12-13,15,25H,10-11H2,1H3,(H,30,31). The number of para-hydroxylation sites is 2. The Balaban J connectivity index is 1.85. The highest BCUT2D eigenvalue weighted by atomic mass is 32.2. The minimum atomic E-state index is -1.31. The van der Waals surface area contributed by atoms with Crippen LogP contribution in [0.1, 0.15) is 16.8 Å². The van der Waals surface area contributed by atoms with Crippen molar-refractivity contribution in [2.75, 3.05) is 22.2 Å². The molecule has 1 heterocycles. The van der Waals surface area contributed by atoms with Crippen LogP contribution in [0.15, 0.2) is 70.5 Å². The van der Waals surface area contributed by atoms with Crippen LogP contribution >= 0.6 is 23.5 Å². The summed E-state index contributed by atoms with van der Waals surface area (Å²) < 4.78 is 0. The van der Waals surface area contributed by atoms with Crippen LogP contribution in [0, 0.1) is 20.2 Å². The molecule has 1 amide bonds. The molecule has 0 fully saturated rings. The highest BCUT2D eigenvalue weighted by Gasteiger charge is 2.35. The van der Waals surface area contributed by atoms with Crippen LogP contribution in [0.4, 0.5) is 28.4 Å². The Hall–Kier alpha value is -4.10. The number of carboxylic acids is 1. The zero-order chi connectivity index (χ0) is 26.7. The molecule has 11 nitrogen and oxygen atoms in total. The third-order valence-electron chi connectivity index (χ3n) is 5.60. The van der Waals surface area contributed by atoms with Crippen LogP contribution in [0.2, 0.25) is 0 Å². The Morgan fingerprint density at radius 2 is 1.51 bits per heavy atom. The van der Waals surface area contributed by atoms with Crippen molar-refractivity contribution in [1.82, 2.24) is 0 Å². The number of carbonyl (C=O) groups excluding carboxylic acids is 1. The minimum absolute atomic E-state index is 0.0739. The predicted octanol–water partition coefficient (Wildman–Crippen LogP) is 5.56. The van der Waals surface area contributed by atoms with Gasteiger partial charge in [0.25, 0.3) is 17.3 Å². The number of aliphatic carboxylic acids is 1. The summed E-state index contributed by atoms with van der Waals surface area (Å²) >= 11 is 2.82. The molecule has 0 bridgehead atoms. The molecule has 0 aliphatic carbocycles. The van der Waals surface area contributed by atoms with E-state index in [1.54, 1.807) is 30.5 Å². The van der Waals surface area contributed by atoms with Crippen molar-refractivity contribution in [1.29, 1.82) is 0 Å². The molecule has 2 N–H and O–H groups in total. The number of hydrogen-bond acceptors (Lipinski definition) is 9. The number of nitrogens with one attached hydrogen (secondary N) is 1. The van der Waals surface area contributed by atoms with Crippen LogP contribution in [-0.2, 0) is 4.79 Å². The van der Waals surface area contributed by atoms with Crippen molar-refractivity contribution in [2.45, 2.75) is 22.3 Å². The molecular weight excluding hydrogens is 520 g/mol. The van der Waals surface area contributed by atoms with Gasteiger partial charge in [-0.05, 0) is 42.7 Å². The molecule has 3 aromatic rings. The number of amides is 1. The van der Waals surface area contributed by atoms with Crippen molar-refractivity contribution in [3.05, 3.63) is 86.5 Å². The predicted molar refractivity (Wildman–Crippen MR) is 141 cm³/mol. The molecule has 0 aromatic heterocycles. The maximum absolute atomic E-state index is 13.8. The van der Waals surface area contributed by atoms with Crippen molar-refractivity contribution >= 4 is 63.8 Å². The first kappa shape index (κ1) is 26.0. The number of hydrogen-bond donors (Lipinski definition) is 2. The molecule has 0 radical (unpaired) electrons. The lowest BCUT2D eigenvalue weighted by Crippen LogP contribution is -2.31. The van der Waals surface area contributed by atoms with E-state index in [1.807, 2.05) is 24.3 Å². The highest BCUT2D eigenvalue weighted by molar-refractivity contribution is 7.99. The van der Waals surface area contributed by atoms with E-state index < -0.39 is 44.8 Å². The van der Waals surface area contributed by atoms with Crippen LogP contribution in [-0.4, -0.2) is 44.9 Å². The number of thioether (sulfide) groups is 1. The summed E-state index contributed by atoms with van der Waals surface area (Å²) in [6.45, 7) is 0. The first-order valence-electron chi connectivity index (χ1n) is 10.9. The second-order valence-electron chi connectivity index (χ2n) is 7.90. The SMILES string of the molecule is CSCCC(Nc1c([N+](=O)[O-])cc(C(=O)N2c3ccccc3Sc3ccccc32)cc1[N+](=O)[O-])C(=O)O.